The summed E-state index contributed by atoms with van der Waals surface area (Å²) < 4.78 is 15.0. The van der Waals surface area contributed by atoms with Gasteiger partial charge in [-0.3, -0.25) is 9.48 Å². The van der Waals surface area contributed by atoms with Gasteiger partial charge in [0, 0.05) is 10.7 Å². The van der Waals surface area contributed by atoms with Crippen molar-refractivity contribution in [1.29, 1.82) is 0 Å². The molecule has 1 amide bonds. The summed E-state index contributed by atoms with van der Waals surface area (Å²) in [5, 5.41) is 6.46. The Balaban J connectivity index is 2.05. The van der Waals surface area contributed by atoms with Crippen molar-refractivity contribution in [2.45, 2.75) is 6.54 Å². The second-order valence-corrected chi connectivity index (χ2v) is 4.50. The number of hydrogen-bond donors (Lipinski definition) is 2. The predicted octanol–water partition coefficient (Wildman–Crippen LogP) is 2.01. The van der Waals surface area contributed by atoms with Crippen LogP contribution in [0.15, 0.2) is 35.1 Å². The summed E-state index contributed by atoms with van der Waals surface area (Å²) in [6.07, 6.45) is 2.99. The van der Waals surface area contributed by atoms with E-state index in [1.165, 1.54) is 29.1 Å². The Labute approximate surface area is 111 Å². The summed E-state index contributed by atoms with van der Waals surface area (Å²) in [5.41, 5.74) is 6.34. The smallest absolute Gasteiger partial charge is 0.246 e. The highest BCUT2D eigenvalue weighted by Gasteiger charge is 2.08. The van der Waals surface area contributed by atoms with Crippen molar-refractivity contribution in [1.82, 2.24) is 9.78 Å². The average Bonchev–Trinajstić information content (AvgIpc) is 2.69. The third kappa shape index (κ3) is 3.07. The molecule has 18 heavy (non-hydrogen) atoms. The molecular formula is C11H10BrFN4O. The van der Waals surface area contributed by atoms with E-state index in [9.17, 15) is 9.18 Å². The molecule has 1 aromatic carbocycles. The highest BCUT2D eigenvalue weighted by atomic mass is 79.9. The third-order valence-corrected chi connectivity index (χ3v) is 2.85. The molecule has 0 radical (unpaired) electrons. The van der Waals surface area contributed by atoms with Gasteiger partial charge in [-0.15, -0.1) is 0 Å². The number of halogens is 2. The fourth-order valence-electron chi connectivity index (χ4n) is 1.40. The van der Waals surface area contributed by atoms with Gasteiger partial charge < -0.3 is 11.1 Å². The number of carbonyl (C=O) groups is 1. The molecule has 0 atom stereocenters. The maximum atomic E-state index is 13.0. The van der Waals surface area contributed by atoms with E-state index < -0.39 is 5.82 Å². The number of hydrogen-bond acceptors (Lipinski definition) is 3. The van der Waals surface area contributed by atoms with Gasteiger partial charge in [-0.25, -0.2) is 4.39 Å². The second kappa shape index (κ2) is 5.18. The lowest BCUT2D eigenvalue weighted by Gasteiger charge is -2.07. The zero-order chi connectivity index (χ0) is 13.1. The van der Waals surface area contributed by atoms with E-state index in [1.54, 1.807) is 6.20 Å². The quantitative estimate of drug-likeness (QED) is 0.910. The molecule has 3 N–H and O–H groups in total. The molecule has 0 fully saturated rings. The molecule has 0 saturated carbocycles. The third-order valence-electron chi connectivity index (χ3n) is 2.16. The Bertz CT molecular complexity index is 584. The minimum absolute atomic E-state index is 0.0140. The number of nitrogens with zero attached hydrogens (tertiary/aromatic N) is 2. The van der Waals surface area contributed by atoms with Crippen molar-refractivity contribution in [3.63, 3.8) is 0 Å². The van der Waals surface area contributed by atoms with Crippen molar-refractivity contribution >= 4 is 33.2 Å². The summed E-state index contributed by atoms with van der Waals surface area (Å²) in [6, 6.07) is 4.06. The maximum absolute atomic E-state index is 13.0. The molecule has 0 spiro atoms. The van der Waals surface area contributed by atoms with E-state index in [0.29, 0.717) is 15.8 Å². The summed E-state index contributed by atoms with van der Waals surface area (Å²) in [4.78, 5) is 11.7. The summed E-state index contributed by atoms with van der Waals surface area (Å²) in [5.74, 6) is -0.735. The molecule has 2 rings (SSSR count). The molecule has 1 aromatic heterocycles. The van der Waals surface area contributed by atoms with E-state index in [1.807, 2.05) is 0 Å². The minimum Gasteiger partial charge on any atom is -0.396 e. The van der Waals surface area contributed by atoms with Gasteiger partial charge in [-0.05, 0) is 34.1 Å². The second-order valence-electron chi connectivity index (χ2n) is 3.64. The number of amides is 1. The first-order valence-electron chi connectivity index (χ1n) is 5.07. The van der Waals surface area contributed by atoms with Crippen molar-refractivity contribution in [3.8, 4) is 0 Å². The fraction of sp³-hybridized carbons (Fsp3) is 0.0909. The van der Waals surface area contributed by atoms with Crippen molar-refractivity contribution < 1.29 is 9.18 Å². The minimum atomic E-state index is -0.420. The van der Waals surface area contributed by atoms with Crippen LogP contribution in [0.1, 0.15) is 0 Å². The van der Waals surface area contributed by atoms with Gasteiger partial charge in [-0.1, -0.05) is 0 Å². The highest BCUT2D eigenvalue weighted by molar-refractivity contribution is 9.10. The number of aromatic nitrogens is 2. The average molecular weight is 313 g/mol. The Hall–Kier alpha value is -1.89. The number of benzene rings is 1. The molecule has 2 aromatic rings. The number of carbonyl (C=O) groups excluding carboxylic acids is 1. The number of anilines is 2. The van der Waals surface area contributed by atoms with Crippen LogP contribution in [0.5, 0.6) is 0 Å². The Kier molecular flexibility index (Phi) is 3.61. The van der Waals surface area contributed by atoms with Crippen LogP contribution in [-0.4, -0.2) is 15.7 Å². The fourth-order valence-corrected chi connectivity index (χ4v) is 1.74. The lowest BCUT2D eigenvalue weighted by Crippen LogP contribution is -2.19. The van der Waals surface area contributed by atoms with Crippen LogP contribution < -0.4 is 11.1 Å². The first kappa shape index (κ1) is 12.6. The van der Waals surface area contributed by atoms with Gasteiger partial charge in [0.05, 0.1) is 17.6 Å². The Morgan fingerprint density at radius 1 is 1.56 bits per heavy atom. The number of nitrogens with one attached hydrogen (secondary N) is 1. The molecule has 1 heterocycles. The number of rotatable bonds is 3. The van der Waals surface area contributed by atoms with Crippen LogP contribution >= 0.6 is 15.9 Å². The summed E-state index contributed by atoms with van der Waals surface area (Å²) in [6.45, 7) is 0.0140. The van der Waals surface area contributed by atoms with Gasteiger partial charge in [-0.2, -0.15) is 5.10 Å². The lowest BCUT2D eigenvalue weighted by atomic mass is 10.3. The van der Waals surface area contributed by atoms with E-state index in [2.05, 4.69) is 26.3 Å². The lowest BCUT2D eigenvalue weighted by molar-refractivity contribution is -0.116. The highest BCUT2D eigenvalue weighted by Crippen LogP contribution is 2.22. The van der Waals surface area contributed by atoms with Crippen molar-refractivity contribution in [2.75, 3.05) is 11.1 Å². The van der Waals surface area contributed by atoms with Crippen LogP contribution in [0, 0.1) is 5.82 Å². The number of nitrogens with two attached hydrogens (primary N) is 1. The van der Waals surface area contributed by atoms with Crippen LogP contribution in [0.2, 0.25) is 0 Å². The monoisotopic (exact) mass is 312 g/mol. The molecule has 0 aliphatic rings. The van der Waals surface area contributed by atoms with Crippen LogP contribution in [0.3, 0.4) is 0 Å². The molecular weight excluding hydrogens is 303 g/mol. The predicted molar refractivity (Wildman–Crippen MR) is 69.4 cm³/mol. The summed E-state index contributed by atoms with van der Waals surface area (Å²) in [7, 11) is 0. The van der Waals surface area contributed by atoms with Crippen molar-refractivity contribution in [3.05, 3.63) is 40.9 Å². The molecule has 0 aliphatic carbocycles. The van der Waals surface area contributed by atoms with Gasteiger partial charge in [0.25, 0.3) is 0 Å². The SMILES string of the molecule is Nc1cnn(CC(=O)Nc2cc(F)ccc2Br)c1. The van der Waals surface area contributed by atoms with Gasteiger partial charge in [0.15, 0.2) is 0 Å². The van der Waals surface area contributed by atoms with Gasteiger partial charge in [0.2, 0.25) is 5.91 Å². The molecule has 0 bridgehead atoms. The topological polar surface area (TPSA) is 72.9 Å². The van der Waals surface area contributed by atoms with Gasteiger partial charge >= 0.3 is 0 Å². The zero-order valence-electron chi connectivity index (χ0n) is 9.23. The molecule has 5 nitrogen and oxygen atoms in total. The van der Waals surface area contributed by atoms with E-state index in [-0.39, 0.29) is 12.5 Å². The molecule has 0 unspecified atom stereocenters. The standard InChI is InChI=1S/C11H10BrFN4O/c12-9-2-1-7(13)3-10(9)16-11(18)6-17-5-8(14)4-15-17/h1-5H,6,14H2,(H,16,18). The van der Waals surface area contributed by atoms with Gasteiger partial charge in [0.1, 0.15) is 12.4 Å². The van der Waals surface area contributed by atoms with E-state index in [0.717, 1.165) is 0 Å². The molecule has 7 heteroatoms. The normalized spacial score (nSPS) is 10.3. The molecule has 94 valence electrons. The van der Waals surface area contributed by atoms with Crippen LogP contribution in [0.4, 0.5) is 15.8 Å². The van der Waals surface area contributed by atoms with Crippen LogP contribution in [0.25, 0.3) is 0 Å². The zero-order valence-corrected chi connectivity index (χ0v) is 10.8. The number of nitrogen functional groups attached to an aromatic ring is 1. The van der Waals surface area contributed by atoms with Crippen molar-refractivity contribution in [2.24, 2.45) is 0 Å². The van der Waals surface area contributed by atoms with E-state index >= 15 is 0 Å². The summed E-state index contributed by atoms with van der Waals surface area (Å²) >= 11 is 3.22. The first-order chi connectivity index (χ1) is 8.54. The maximum Gasteiger partial charge on any atom is 0.246 e. The molecule has 0 saturated heterocycles. The Morgan fingerprint density at radius 3 is 3.00 bits per heavy atom. The van der Waals surface area contributed by atoms with E-state index in [4.69, 9.17) is 5.73 Å². The van der Waals surface area contributed by atoms with Crippen LogP contribution in [-0.2, 0) is 11.3 Å². The first-order valence-corrected chi connectivity index (χ1v) is 5.87. The Morgan fingerprint density at radius 2 is 2.33 bits per heavy atom. The molecule has 0 aliphatic heterocycles. The largest absolute Gasteiger partial charge is 0.396 e.